The van der Waals surface area contributed by atoms with Gasteiger partial charge < -0.3 is 19.5 Å². The average molecular weight is 422 g/mol. The Bertz CT molecular complexity index is 1100. The van der Waals surface area contributed by atoms with E-state index in [1.807, 2.05) is 43.3 Å². The Balaban J connectivity index is 2.17. The van der Waals surface area contributed by atoms with Crippen LogP contribution < -0.4 is 4.74 Å². The van der Waals surface area contributed by atoms with Gasteiger partial charge in [0.15, 0.2) is 0 Å². The number of pyridine rings is 1. The van der Waals surface area contributed by atoms with Crippen LogP contribution in [0.5, 0.6) is 5.75 Å². The van der Waals surface area contributed by atoms with Crippen molar-refractivity contribution in [2.24, 2.45) is 0 Å². The van der Waals surface area contributed by atoms with Crippen molar-refractivity contribution in [1.29, 1.82) is 0 Å². The highest BCUT2D eigenvalue weighted by Crippen LogP contribution is 2.35. The van der Waals surface area contributed by atoms with Crippen LogP contribution in [0, 0.1) is 0 Å². The third-order valence-corrected chi connectivity index (χ3v) is 5.06. The van der Waals surface area contributed by atoms with E-state index in [-0.39, 0.29) is 18.9 Å². The molecule has 0 aliphatic heterocycles. The minimum Gasteiger partial charge on any atom is -0.496 e. The lowest BCUT2D eigenvalue weighted by Crippen LogP contribution is -2.33. The van der Waals surface area contributed by atoms with Crippen molar-refractivity contribution in [2.45, 2.75) is 19.9 Å². The largest absolute Gasteiger partial charge is 0.496 e. The molecule has 0 saturated heterocycles. The number of fused-ring (bicyclic) bond motifs is 1. The number of likely N-dealkylation sites (N-methyl/N-ethyl adjacent to an activating group) is 1. The van der Waals surface area contributed by atoms with E-state index >= 15 is 0 Å². The van der Waals surface area contributed by atoms with Gasteiger partial charge in [0.25, 0.3) is 0 Å². The van der Waals surface area contributed by atoms with Crippen LogP contribution in [-0.4, -0.2) is 54.2 Å². The molecule has 0 spiro atoms. The normalized spacial score (nSPS) is 10.8. The summed E-state index contributed by atoms with van der Waals surface area (Å²) in [7, 11) is 3.06. The maximum Gasteiger partial charge on any atom is 0.307 e. The second-order valence-corrected chi connectivity index (χ2v) is 7.12. The van der Waals surface area contributed by atoms with Crippen LogP contribution in [-0.2, 0) is 27.3 Å². The number of carbonyl (C=O) groups is 2. The zero-order valence-corrected chi connectivity index (χ0v) is 17.9. The third kappa shape index (κ3) is 5.19. The number of aromatic nitrogens is 1. The van der Waals surface area contributed by atoms with Crippen LogP contribution in [0.25, 0.3) is 22.0 Å². The molecule has 0 saturated carbocycles. The van der Waals surface area contributed by atoms with Crippen molar-refractivity contribution < 1.29 is 24.2 Å². The van der Waals surface area contributed by atoms with E-state index in [2.05, 4.69) is 0 Å². The van der Waals surface area contributed by atoms with Crippen molar-refractivity contribution in [3.05, 3.63) is 59.8 Å². The topological polar surface area (TPSA) is 89.0 Å². The van der Waals surface area contributed by atoms with Crippen LogP contribution in [0.1, 0.15) is 18.2 Å². The predicted octanol–water partition coefficient (Wildman–Crippen LogP) is 3.53. The number of benzene rings is 2. The van der Waals surface area contributed by atoms with Crippen molar-refractivity contribution in [1.82, 2.24) is 9.88 Å². The Morgan fingerprint density at radius 3 is 2.52 bits per heavy atom. The molecule has 1 aromatic heterocycles. The number of carboxylic acids is 1. The Kier molecular flexibility index (Phi) is 7.20. The molecule has 0 fully saturated rings. The number of hydrogen-bond acceptors (Lipinski definition) is 5. The highest BCUT2D eigenvalue weighted by Gasteiger charge is 2.19. The lowest BCUT2D eigenvalue weighted by atomic mass is 9.97. The summed E-state index contributed by atoms with van der Waals surface area (Å²) >= 11 is 0. The van der Waals surface area contributed by atoms with Crippen molar-refractivity contribution in [3.63, 3.8) is 0 Å². The van der Waals surface area contributed by atoms with Gasteiger partial charge in [-0.25, -0.2) is 0 Å². The van der Waals surface area contributed by atoms with E-state index in [1.165, 1.54) is 7.11 Å². The molecule has 0 bridgehead atoms. The highest BCUT2D eigenvalue weighted by molar-refractivity contribution is 5.87. The molecule has 1 N–H and O–H groups in total. The fourth-order valence-electron chi connectivity index (χ4n) is 3.53. The summed E-state index contributed by atoms with van der Waals surface area (Å²) in [6.07, 6.45) is -0.0965. The quantitative estimate of drug-likeness (QED) is 0.567. The average Bonchev–Trinajstić information content (AvgIpc) is 2.76. The summed E-state index contributed by atoms with van der Waals surface area (Å²) in [5, 5.41) is 10.2. The van der Waals surface area contributed by atoms with Crippen molar-refractivity contribution >= 4 is 22.8 Å². The first kappa shape index (κ1) is 22.2. The molecule has 162 valence electrons. The second-order valence-electron chi connectivity index (χ2n) is 7.12. The number of para-hydroxylation sites is 1. The number of methoxy groups -OCH3 is 2. The highest BCUT2D eigenvalue weighted by atomic mass is 16.5. The molecule has 0 aliphatic carbocycles. The van der Waals surface area contributed by atoms with Crippen LogP contribution in [0.4, 0.5) is 0 Å². The number of nitrogens with zero attached hydrogens (tertiary/aromatic N) is 2. The van der Waals surface area contributed by atoms with Gasteiger partial charge in [-0.05, 0) is 36.8 Å². The number of aliphatic carboxylic acids is 1. The van der Waals surface area contributed by atoms with Crippen LogP contribution in [0.2, 0.25) is 0 Å². The molecule has 31 heavy (non-hydrogen) atoms. The van der Waals surface area contributed by atoms with Gasteiger partial charge in [-0.3, -0.25) is 14.6 Å². The van der Waals surface area contributed by atoms with Gasteiger partial charge in [-0.15, -0.1) is 0 Å². The molecule has 1 amide bonds. The van der Waals surface area contributed by atoms with Gasteiger partial charge in [0.1, 0.15) is 12.4 Å². The van der Waals surface area contributed by atoms with Crippen LogP contribution >= 0.6 is 0 Å². The monoisotopic (exact) mass is 422 g/mol. The van der Waals surface area contributed by atoms with E-state index in [1.54, 1.807) is 24.1 Å². The Morgan fingerprint density at radius 2 is 1.84 bits per heavy atom. The maximum absolute atomic E-state index is 12.5. The van der Waals surface area contributed by atoms with Crippen molar-refractivity contribution in [3.8, 4) is 16.9 Å². The summed E-state index contributed by atoms with van der Waals surface area (Å²) in [5.74, 6) is -0.425. The molecule has 0 unspecified atom stereocenters. The number of carboxylic acid groups (broad SMARTS) is 1. The van der Waals surface area contributed by atoms with Crippen LogP contribution in [0.15, 0.2) is 48.5 Å². The maximum atomic E-state index is 12.5. The molecule has 2 aromatic carbocycles. The standard InChI is InChI=1S/C24H26N2O5/c1-4-26(23(27)15-30-2)14-21-18(13-17-7-5-6-8-20(17)25-21)19-11-16(12-24(28)29)9-10-22(19)31-3/h5-11,13H,4,12,14-15H2,1-3H3,(H,28,29). The van der Waals surface area contributed by atoms with E-state index in [0.29, 0.717) is 30.1 Å². The summed E-state index contributed by atoms with van der Waals surface area (Å²) in [5.41, 5.74) is 3.72. The molecule has 7 nitrogen and oxygen atoms in total. The van der Waals surface area contributed by atoms with Gasteiger partial charge in [-0.1, -0.05) is 24.3 Å². The lowest BCUT2D eigenvalue weighted by molar-refractivity contribution is -0.136. The minimum absolute atomic E-state index is 0.00578. The molecule has 0 radical (unpaired) electrons. The number of ether oxygens (including phenoxy) is 2. The Labute approximate surface area is 181 Å². The lowest BCUT2D eigenvalue weighted by Gasteiger charge is -2.22. The molecule has 1 heterocycles. The second kappa shape index (κ2) is 10.0. The SMILES string of the molecule is CCN(Cc1nc2ccccc2cc1-c1cc(CC(=O)O)ccc1OC)C(=O)COC. The summed E-state index contributed by atoms with van der Waals surface area (Å²) in [6.45, 7) is 2.70. The molecular weight excluding hydrogens is 396 g/mol. The number of amides is 1. The van der Waals surface area contributed by atoms with E-state index in [9.17, 15) is 14.7 Å². The first-order chi connectivity index (χ1) is 15.0. The van der Waals surface area contributed by atoms with Crippen molar-refractivity contribution in [2.75, 3.05) is 27.4 Å². The fraction of sp³-hybridized carbons (Fsp3) is 0.292. The predicted molar refractivity (Wildman–Crippen MR) is 118 cm³/mol. The molecule has 0 aliphatic rings. The van der Waals surface area contributed by atoms with Gasteiger partial charge in [0.2, 0.25) is 5.91 Å². The summed E-state index contributed by atoms with van der Waals surface area (Å²) in [6, 6.07) is 15.1. The molecule has 0 atom stereocenters. The third-order valence-electron chi connectivity index (χ3n) is 5.06. The molecule has 3 rings (SSSR count). The first-order valence-electron chi connectivity index (χ1n) is 10.0. The first-order valence-corrected chi connectivity index (χ1v) is 10.0. The number of carbonyl (C=O) groups excluding carboxylic acids is 1. The smallest absolute Gasteiger partial charge is 0.307 e. The van der Waals surface area contributed by atoms with Gasteiger partial charge in [-0.2, -0.15) is 0 Å². The van der Waals surface area contributed by atoms with Gasteiger partial charge >= 0.3 is 5.97 Å². The van der Waals surface area contributed by atoms with E-state index in [4.69, 9.17) is 14.5 Å². The van der Waals surface area contributed by atoms with E-state index < -0.39 is 5.97 Å². The Morgan fingerprint density at radius 1 is 1.06 bits per heavy atom. The zero-order chi connectivity index (χ0) is 22.4. The van der Waals surface area contributed by atoms with E-state index in [0.717, 1.165) is 22.0 Å². The summed E-state index contributed by atoms with van der Waals surface area (Å²) in [4.78, 5) is 30.2. The fourth-order valence-corrected chi connectivity index (χ4v) is 3.53. The number of hydrogen-bond donors (Lipinski definition) is 1. The molecule has 3 aromatic rings. The number of rotatable bonds is 9. The molecule has 7 heteroatoms. The zero-order valence-electron chi connectivity index (χ0n) is 17.9. The van der Waals surface area contributed by atoms with Crippen LogP contribution in [0.3, 0.4) is 0 Å². The Hall–Kier alpha value is -3.45. The minimum atomic E-state index is -0.907. The van der Waals surface area contributed by atoms with Gasteiger partial charge in [0, 0.05) is 30.2 Å². The molecular formula is C24H26N2O5. The summed E-state index contributed by atoms with van der Waals surface area (Å²) < 4.78 is 10.6. The van der Waals surface area contributed by atoms with Gasteiger partial charge in [0.05, 0.1) is 31.3 Å².